The number of aryl methyl sites for hydroxylation is 1. The molecule has 84 valence electrons. The number of rotatable bonds is 4. The predicted molar refractivity (Wildman–Crippen MR) is 65.3 cm³/mol. The van der Waals surface area contributed by atoms with Crippen molar-refractivity contribution in [3.8, 4) is 0 Å². The quantitative estimate of drug-likeness (QED) is 0.845. The summed E-state index contributed by atoms with van der Waals surface area (Å²) in [4.78, 5) is 0. The summed E-state index contributed by atoms with van der Waals surface area (Å²) in [5.41, 5.74) is 3.64. The monoisotopic (exact) mass is 215 g/mol. The van der Waals surface area contributed by atoms with Gasteiger partial charge in [0.15, 0.2) is 0 Å². The lowest BCUT2D eigenvalue weighted by Gasteiger charge is -2.01. The molecule has 2 rings (SSSR count). The minimum atomic E-state index is 0.827. The fourth-order valence-electron chi connectivity index (χ4n) is 1.75. The third-order valence-electron chi connectivity index (χ3n) is 2.58. The molecular weight excluding hydrogens is 198 g/mol. The summed E-state index contributed by atoms with van der Waals surface area (Å²) in [6, 6.07) is 10.4. The lowest BCUT2D eigenvalue weighted by atomic mass is 10.2. The molecule has 3 nitrogen and oxygen atoms in total. The van der Waals surface area contributed by atoms with Gasteiger partial charge in [-0.05, 0) is 25.1 Å². The highest BCUT2D eigenvalue weighted by atomic mass is 15.3. The standard InChI is InChI=1S/C13H17N3/c1-11-9-16(15-13(11)8-14-2)10-12-6-4-3-5-7-12/h3-7,9,14H,8,10H2,1-2H3. The van der Waals surface area contributed by atoms with Crippen LogP contribution >= 0.6 is 0 Å². The topological polar surface area (TPSA) is 29.9 Å². The largest absolute Gasteiger partial charge is 0.314 e. The minimum absolute atomic E-state index is 0.827. The molecule has 1 aromatic carbocycles. The van der Waals surface area contributed by atoms with Crippen LogP contribution in [0.25, 0.3) is 0 Å². The van der Waals surface area contributed by atoms with Crippen LogP contribution in [-0.4, -0.2) is 16.8 Å². The maximum atomic E-state index is 4.55. The molecule has 0 aliphatic rings. The van der Waals surface area contributed by atoms with Gasteiger partial charge in [-0.2, -0.15) is 5.10 Å². The zero-order valence-corrected chi connectivity index (χ0v) is 9.77. The first-order valence-corrected chi connectivity index (χ1v) is 5.51. The third kappa shape index (κ3) is 2.49. The van der Waals surface area contributed by atoms with Gasteiger partial charge in [0.05, 0.1) is 12.2 Å². The van der Waals surface area contributed by atoms with Gasteiger partial charge in [0, 0.05) is 12.7 Å². The number of aromatic nitrogens is 2. The molecule has 0 spiro atoms. The first kappa shape index (κ1) is 10.9. The van der Waals surface area contributed by atoms with Gasteiger partial charge in [-0.1, -0.05) is 30.3 Å². The molecule has 0 saturated heterocycles. The lowest BCUT2D eigenvalue weighted by Crippen LogP contribution is -2.08. The van der Waals surface area contributed by atoms with Gasteiger partial charge < -0.3 is 5.32 Å². The van der Waals surface area contributed by atoms with Gasteiger partial charge in [-0.15, -0.1) is 0 Å². The Morgan fingerprint density at radius 1 is 1.25 bits per heavy atom. The molecule has 0 saturated carbocycles. The van der Waals surface area contributed by atoms with Crippen LogP contribution in [0.15, 0.2) is 36.5 Å². The zero-order chi connectivity index (χ0) is 11.4. The van der Waals surface area contributed by atoms with Gasteiger partial charge >= 0.3 is 0 Å². The van der Waals surface area contributed by atoms with Crippen molar-refractivity contribution in [3.05, 3.63) is 53.3 Å². The van der Waals surface area contributed by atoms with Crippen molar-refractivity contribution in [1.82, 2.24) is 15.1 Å². The number of nitrogens with one attached hydrogen (secondary N) is 1. The fraction of sp³-hybridized carbons (Fsp3) is 0.308. The van der Waals surface area contributed by atoms with Crippen molar-refractivity contribution in [2.24, 2.45) is 0 Å². The third-order valence-corrected chi connectivity index (χ3v) is 2.58. The molecular formula is C13H17N3. The predicted octanol–water partition coefficient (Wildman–Crippen LogP) is 1.96. The van der Waals surface area contributed by atoms with Crippen molar-refractivity contribution in [3.63, 3.8) is 0 Å². The fourth-order valence-corrected chi connectivity index (χ4v) is 1.75. The van der Waals surface area contributed by atoms with E-state index >= 15 is 0 Å². The molecule has 0 aliphatic carbocycles. The molecule has 0 radical (unpaired) electrons. The van der Waals surface area contributed by atoms with E-state index in [1.54, 1.807) is 0 Å². The van der Waals surface area contributed by atoms with Crippen molar-refractivity contribution in [1.29, 1.82) is 0 Å². The first-order chi connectivity index (χ1) is 7.79. The zero-order valence-electron chi connectivity index (χ0n) is 9.77. The van der Waals surface area contributed by atoms with Crippen LogP contribution in [-0.2, 0) is 13.1 Å². The molecule has 0 bridgehead atoms. The molecule has 3 heteroatoms. The Morgan fingerprint density at radius 2 is 2.00 bits per heavy atom. The Kier molecular flexibility index (Phi) is 3.37. The molecule has 1 heterocycles. The Hall–Kier alpha value is -1.61. The number of hydrogen-bond acceptors (Lipinski definition) is 2. The average Bonchev–Trinajstić information content (AvgIpc) is 2.61. The van der Waals surface area contributed by atoms with E-state index in [2.05, 4.69) is 47.8 Å². The summed E-state index contributed by atoms with van der Waals surface area (Å²) in [5, 5.41) is 7.68. The van der Waals surface area contributed by atoms with Gasteiger partial charge in [0.2, 0.25) is 0 Å². The van der Waals surface area contributed by atoms with Crippen LogP contribution in [0.3, 0.4) is 0 Å². The SMILES string of the molecule is CNCc1nn(Cc2ccccc2)cc1C. The summed E-state index contributed by atoms with van der Waals surface area (Å²) in [7, 11) is 1.94. The number of nitrogens with zero attached hydrogens (tertiary/aromatic N) is 2. The Bertz CT molecular complexity index is 445. The second kappa shape index (κ2) is 4.94. The van der Waals surface area contributed by atoms with Gasteiger partial charge in [-0.25, -0.2) is 0 Å². The van der Waals surface area contributed by atoms with Crippen molar-refractivity contribution in [2.75, 3.05) is 7.05 Å². The summed E-state index contributed by atoms with van der Waals surface area (Å²) < 4.78 is 2.00. The molecule has 0 unspecified atom stereocenters. The van der Waals surface area contributed by atoms with Crippen LogP contribution < -0.4 is 5.32 Å². The van der Waals surface area contributed by atoms with Crippen LogP contribution in [0, 0.1) is 6.92 Å². The minimum Gasteiger partial charge on any atom is -0.314 e. The molecule has 1 N–H and O–H groups in total. The number of benzene rings is 1. The molecule has 1 aromatic heterocycles. The second-order valence-electron chi connectivity index (χ2n) is 3.97. The van der Waals surface area contributed by atoms with Crippen molar-refractivity contribution in [2.45, 2.75) is 20.0 Å². The highest BCUT2D eigenvalue weighted by Crippen LogP contribution is 2.07. The van der Waals surface area contributed by atoms with E-state index in [0.29, 0.717) is 0 Å². The smallest absolute Gasteiger partial charge is 0.0791 e. The Labute approximate surface area is 96.1 Å². The van der Waals surface area contributed by atoms with Crippen molar-refractivity contribution < 1.29 is 0 Å². The van der Waals surface area contributed by atoms with Gasteiger partial charge in [0.25, 0.3) is 0 Å². The van der Waals surface area contributed by atoms with Crippen LogP contribution in [0.4, 0.5) is 0 Å². The maximum Gasteiger partial charge on any atom is 0.0791 e. The second-order valence-corrected chi connectivity index (χ2v) is 3.97. The molecule has 16 heavy (non-hydrogen) atoms. The summed E-state index contributed by atoms with van der Waals surface area (Å²) >= 11 is 0. The highest BCUT2D eigenvalue weighted by molar-refractivity contribution is 5.18. The van der Waals surface area contributed by atoms with Crippen molar-refractivity contribution >= 4 is 0 Å². The maximum absolute atomic E-state index is 4.55. The average molecular weight is 215 g/mol. The van der Waals surface area contributed by atoms with Crippen LogP contribution in [0.2, 0.25) is 0 Å². The molecule has 2 aromatic rings. The molecule has 0 amide bonds. The van der Waals surface area contributed by atoms with E-state index in [0.717, 1.165) is 18.8 Å². The molecule has 0 fully saturated rings. The first-order valence-electron chi connectivity index (χ1n) is 5.51. The van der Waals surface area contributed by atoms with E-state index in [1.165, 1.54) is 11.1 Å². The van der Waals surface area contributed by atoms with E-state index in [-0.39, 0.29) is 0 Å². The molecule has 0 atom stereocenters. The summed E-state index contributed by atoms with van der Waals surface area (Å²) in [6.07, 6.45) is 2.10. The summed E-state index contributed by atoms with van der Waals surface area (Å²) in [5.74, 6) is 0. The summed E-state index contributed by atoms with van der Waals surface area (Å²) in [6.45, 7) is 3.76. The normalized spacial score (nSPS) is 10.6. The van der Waals surface area contributed by atoms with Crippen LogP contribution in [0.5, 0.6) is 0 Å². The van der Waals surface area contributed by atoms with Gasteiger partial charge in [-0.3, -0.25) is 4.68 Å². The lowest BCUT2D eigenvalue weighted by molar-refractivity contribution is 0.659. The number of hydrogen-bond donors (Lipinski definition) is 1. The van der Waals surface area contributed by atoms with Gasteiger partial charge in [0.1, 0.15) is 0 Å². The molecule has 0 aliphatic heterocycles. The highest BCUT2D eigenvalue weighted by Gasteiger charge is 2.03. The van der Waals surface area contributed by atoms with E-state index < -0.39 is 0 Å². The van der Waals surface area contributed by atoms with E-state index in [4.69, 9.17) is 0 Å². The Balaban J connectivity index is 2.13. The van der Waals surface area contributed by atoms with E-state index in [9.17, 15) is 0 Å². The van der Waals surface area contributed by atoms with E-state index in [1.807, 2.05) is 17.8 Å². The Morgan fingerprint density at radius 3 is 2.69 bits per heavy atom. The van der Waals surface area contributed by atoms with Crippen LogP contribution in [0.1, 0.15) is 16.8 Å².